The molecule has 1 atom stereocenters. The number of aryl methyl sites for hydroxylation is 1. The lowest BCUT2D eigenvalue weighted by molar-refractivity contribution is 0.649. The fourth-order valence-corrected chi connectivity index (χ4v) is 3.52. The molecule has 0 radical (unpaired) electrons. The predicted molar refractivity (Wildman–Crippen MR) is 113 cm³/mol. The van der Waals surface area contributed by atoms with Gasteiger partial charge in [0.15, 0.2) is 5.96 Å². The molecular weight excluding hydrogens is 433 g/mol. The van der Waals surface area contributed by atoms with E-state index in [9.17, 15) is 0 Å². The molecule has 1 fully saturated rings. The van der Waals surface area contributed by atoms with Crippen LogP contribution in [0.1, 0.15) is 17.0 Å². The van der Waals surface area contributed by atoms with Gasteiger partial charge in [0.05, 0.1) is 17.7 Å². The number of guanidine groups is 1. The molecule has 130 valence electrons. The molecule has 1 unspecified atom stereocenters. The lowest BCUT2D eigenvalue weighted by Crippen LogP contribution is -2.44. The Kier molecular flexibility index (Phi) is 7.29. The zero-order valence-corrected chi connectivity index (χ0v) is 17.2. The number of hydrogen-bond donors (Lipinski definition) is 2. The number of para-hydroxylation sites is 1. The van der Waals surface area contributed by atoms with Gasteiger partial charge >= 0.3 is 0 Å². The molecule has 2 N–H and O–H groups in total. The molecule has 2 aromatic rings. The molecule has 0 bridgehead atoms. The highest BCUT2D eigenvalue weighted by Crippen LogP contribution is 2.19. The van der Waals surface area contributed by atoms with Gasteiger partial charge in [-0.25, -0.2) is 4.98 Å². The number of aliphatic imine (C=N–C) groups is 1. The van der Waals surface area contributed by atoms with Crippen LogP contribution in [-0.4, -0.2) is 37.1 Å². The van der Waals surface area contributed by atoms with Crippen LogP contribution in [-0.2, 0) is 6.54 Å². The summed E-state index contributed by atoms with van der Waals surface area (Å²) in [5, 5.41) is 6.91. The maximum absolute atomic E-state index is 4.34. The predicted octanol–water partition coefficient (Wildman–Crippen LogP) is 3.01. The van der Waals surface area contributed by atoms with E-state index in [1.165, 1.54) is 10.6 Å². The van der Waals surface area contributed by atoms with Gasteiger partial charge in [-0.1, -0.05) is 18.2 Å². The number of nitrogens with zero attached hydrogens (tertiary/aromatic N) is 3. The van der Waals surface area contributed by atoms with E-state index in [1.807, 2.05) is 19.5 Å². The monoisotopic (exact) mass is 457 g/mol. The first-order valence-electron chi connectivity index (χ1n) is 7.92. The fourth-order valence-electron chi connectivity index (χ4n) is 2.80. The Morgan fingerprint density at radius 1 is 1.38 bits per heavy atom. The molecule has 1 aromatic heterocycles. The first kappa shape index (κ1) is 19.0. The standard InChI is InChI=1S/C17H23N5S.HI/c1-13-16(23-12-20-13)10-19-17(18-2)21-14-8-9-22(11-14)15-6-4-3-5-7-15;/h3-7,12,14H,8-11H2,1-2H3,(H2,18,19,21);1H. The van der Waals surface area contributed by atoms with Gasteiger partial charge in [-0.2, -0.15) is 0 Å². The second-order valence-corrected chi connectivity index (χ2v) is 6.64. The molecule has 0 saturated carbocycles. The Labute approximate surface area is 164 Å². The molecule has 5 nitrogen and oxygen atoms in total. The summed E-state index contributed by atoms with van der Waals surface area (Å²) in [5.74, 6) is 0.859. The first-order valence-corrected chi connectivity index (χ1v) is 8.80. The number of benzene rings is 1. The lowest BCUT2D eigenvalue weighted by Gasteiger charge is -2.20. The molecule has 24 heavy (non-hydrogen) atoms. The number of anilines is 1. The molecular formula is C17H24IN5S. The molecule has 7 heteroatoms. The van der Waals surface area contributed by atoms with Crippen molar-refractivity contribution in [1.82, 2.24) is 15.6 Å². The summed E-state index contributed by atoms with van der Waals surface area (Å²) in [6.07, 6.45) is 1.12. The molecule has 1 aliphatic heterocycles. The van der Waals surface area contributed by atoms with E-state index in [0.29, 0.717) is 6.04 Å². The second kappa shape index (κ2) is 9.22. The van der Waals surface area contributed by atoms with Crippen LogP contribution in [0.3, 0.4) is 0 Å². The SMILES string of the molecule is CN=C(NCc1scnc1C)NC1CCN(c2ccccc2)C1.I. The van der Waals surface area contributed by atoms with Gasteiger partial charge in [0.2, 0.25) is 0 Å². The van der Waals surface area contributed by atoms with Crippen molar-refractivity contribution in [2.45, 2.75) is 25.9 Å². The van der Waals surface area contributed by atoms with Gasteiger partial charge in [0.1, 0.15) is 0 Å². The number of hydrogen-bond acceptors (Lipinski definition) is 4. The second-order valence-electron chi connectivity index (χ2n) is 5.70. The van der Waals surface area contributed by atoms with Crippen LogP contribution in [0.25, 0.3) is 0 Å². The van der Waals surface area contributed by atoms with Crippen molar-refractivity contribution in [3.05, 3.63) is 46.4 Å². The van der Waals surface area contributed by atoms with Crippen molar-refractivity contribution >= 4 is 47.0 Å². The van der Waals surface area contributed by atoms with Gasteiger partial charge < -0.3 is 15.5 Å². The van der Waals surface area contributed by atoms with Crippen molar-refractivity contribution in [1.29, 1.82) is 0 Å². The Morgan fingerprint density at radius 3 is 2.83 bits per heavy atom. The maximum atomic E-state index is 4.34. The molecule has 0 aliphatic carbocycles. The van der Waals surface area contributed by atoms with E-state index in [0.717, 1.165) is 37.7 Å². The zero-order valence-electron chi connectivity index (χ0n) is 14.0. The minimum Gasteiger partial charge on any atom is -0.369 e. The number of halogens is 1. The van der Waals surface area contributed by atoms with E-state index >= 15 is 0 Å². The highest BCUT2D eigenvalue weighted by atomic mass is 127. The van der Waals surface area contributed by atoms with Gasteiger partial charge in [-0.05, 0) is 25.5 Å². The molecule has 3 rings (SSSR count). The molecule has 1 saturated heterocycles. The van der Waals surface area contributed by atoms with E-state index < -0.39 is 0 Å². The van der Waals surface area contributed by atoms with Crippen LogP contribution >= 0.6 is 35.3 Å². The van der Waals surface area contributed by atoms with Gasteiger partial charge in [-0.15, -0.1) is 35.3 Å². The third-order valence-corrected chi connectivity index (χ3v) is 5.07. The normalized spacial score (nSPS) is 17.5. The highest BCUT2D eigenvalue weighted by molar-refractivity contribution is 14.0. The number of nitrogens with one attached hydrogen (secondary N) is 2. The maximum Gasteiger partial charge on any atom is 0.191 e. The van der Waals surface area contributed by atoms with Crippen molar-refractivity contribution < 1.29 is 0 Å². The lowest BCUT2D eigenvalue weighted by atomic mass is 10.3. The largest absolute Gasteiger partial charge is 0.369 e. The van der Waals surface area contributed by atoms with Gasteiger partial charge in [0.25, 0.3) is 0 Å². The van der Waals surface area contributed by atoms with Crippen LogP contribution in [0.2, 0.25) is 0 Å². The van der Waals surface area contributed by atoms with Gasteiger partial charge in [0, 0.05) is 36.7 Å². The topological polar surface area (TPSA) is 52.6 Å². The van der Waals surface area contributed by atoms with Crippen molar-refractivity contribution in [2.24, 2.45) is 4.99 Å². The van der Waals surface area contributed by atoms with E-state index in [1.54, 1.807) is 11.3 Å². The summed E-state index contributed by atoms with van der Waals surface area (Å²) < 4.78 is 0. The Hall–Kier alpha value is -1.35. The average Bonchev–Trinajstić information content (AvgIpc) is 3.21. The fraction of sp³-hybridized carbons (Fsp3) is 0.412. The minimum absolute atomic E-state index is 0. The zero-order chi connectivity index (χ0) is 16.1. The van der Waals surface area contributed by atoms with E-state index in [2.05, 4.69) is 55.8 Å². The Morgan fingerprint density at radius 2 is 2.17 bits per heavy atom. The smallest absolute Gasteiger partial charge is 0.191 e. The third-order valence-electron chi connectivity index (χ3n) is 4.14. The average molecular weight is 457 g/mol. The molecule has 2 heterocycles. The van der Waals surface area contributed by atoms with Crippen molar-refractivity contribution in [3.63, 3.8) is 0 Å². The summed E-state index contributed by atoms with van der Waals surface area (Å²) in [4.78, 5) is 12.3. The van der Waals surface area contributed by atoms with E-state index in [4.69, 9.17) is 0 Å². The molecule has 0 amide bonds. The quantitative estimate of drug-likeness (QED) is 0.421. The summed E-state index contributed by atoms with van der Waals surface area (Å²) >= 11 is 1.68. The third kappa shape index (κ3) is 4.83. The van der Waals surface area contributed by atoms with Crippen LogP contribution < -0.4 is 15.5 Å². The minimum atomic E-state index is 0. The molecule has 1 aromatic carbocycles. The van der Waals surface area contributed by atoms with Crippen LogP contribution in [0.4, 0.5) is 5.69 Å². The Bertz CT molecular complexity index is 658. The van der Waals surface area contributed by atoms with Crippen LogP contribution in [0, 0.1) is 6.92 Å². The summed E-state index contributed by atoms with van der Waals surface area (Å²) in [6, 6.07) is 11.0. The molecule has 0 spiro atoms. The van der Waals surface area contributed by atoms with Crippen molar-refractivity contribution in [3.8, 4) is 0 Å². The summed E-state index contributed by atoms with van der Waals surface area (Å²) in [7, 11) is 1.82. The summed E-state index contributed by atoms with van der Waals surface area (Å²) in [6.45, 7) is 4.89. The molecule has 1 aliphatic rings. The first-order chi connectivity index (χ1) is 11.3. The Balaban J connectivity index is 0.00000208. The van der Waals surface area contributed by atoms with Gasteiger partial charge in [-0.3, -0.25) is 4.99 Å². The highest BCUT2D eigenvalue weighted by Gasteiger charge is 2.23. The summed E-state index contributed by atoms with van der Waals surface area (Å²) in [5.41, 5.74) is 4.27. The van der Waals surface area contributed by atoms with E-state index in [-0.39, 0.29) is 24.0 Å². The number of rotatable bonds is 4. The van der Waals surface area contributed by atoms with Crippen LogP contribution in [0.5, 0.6) is 0 Å². The van der Waals surface area contributed by atoms with Crippen LogP contribution in [0.15, 0.2) is 40.8 Å². The number of thiazole rings is 1. The number of aromatic nitrogens is 1. The van der Waals surface area contributed by atoms with Crippen molar-refractivity contribution in [2.75, 3.05) is 25.0 Å².